The third kappa shape index (κ3) is 2.21. The fourth-order valence-electron chi connectivity index (χ4n) is 1.13. The summed E-state index contributed by atoms with van der Waals surface area (Å²) in [5.41, 5.74) is 5.84. The van der Waals surface area contributed by atoms with Gasteiger partial charge in [0.1, 0.15) is 5.82 Å². The van der Waals surface area contributed by atoms with Crippen molar-refractivity contribution in [2.45, 2.75) is 6.54 Å². The average Bonchev–Trinajstić information content (AvgIpc) is 2.64. The molecule has 1 aromatic carbocycles. The normalized spacial score (nSPS) is 10.6. The summed E-state index contributed by atoms with van der Waals surface area (Å²) in [6.07, 6.45) is 0. The van der Waals surface area contributed by atoms with Crippen LogP contribution in [-0.4, -0.2) is 10.2 Å². The molecule has 0 aliphatic rings. The molecule has 2 N–H and O–H groups in total. The van der Waals surface area contributed by atoms with E-state index in [0.29, 0.717) is 15.9 Å². The highest BCUT2D eigenvalue weighted by atomic mass is 79.9. The van der Waals surface area contributed by atoms with E-state index in [4.69, 9.17) is 10.2 Å². The molecule has 0 aliphatic carbocycles. The molecule has 0 unspecified atom stereocenters. The summed E-state index contributed by atoms with van der Waals surface area (Å²) in [6.45, 7) is 0.170. The Kier molecular flexibility index (Phi) is 2.79. The number of hydrogen-bond donors (Lipinski definition) is 1. The number of benzene rings is 1. The van der Waals surface area contributed by atoms with E-state index in [1.807, 2.05) is 0 Å². The Hall–Kier alpha value is -1.27. The predicted molar refractivity (Wildman–Crippen MR) is 55.3 cm³/mol. The first-order valence-electron chi connectivity index (χ1n) is 4.18. The predicted octanol–water partition coefficient (Wildman–Crippen LogP) is 2.10. The van der Waals surface area contributed by atoms with Crippen LogP contribution in [0, 0.1) is 5.82 Å². The molecule has 15 heavy (non-hydrogen) atoms. The molecule has 0 atom stereocenters. The highest BCUT2D eigenvalue weighted by Crippen LogP contribution is 2.23. The van der Waals surface area contributed by atoms with E-state index in [2.05, 4.69) is 26.1 Å². The van der Waals surface area contributed by atoms with Gasteiger partial charge in [-0.05, 0) is 18.2 Å². The summed E-state index contributed by atoms with van der Waals surface area (Å²) < 4.78 is 18.9. The summed E-state index contributed by atoms with van der Waals surface area (Å²) >= 11 is 3.18. The minimum atomic E-state index is -0.369. The van der Waals surface area contributed by atoms with Gasteiger partial charge in [0, 0.05) is 10.0 Å². The number of nitrogens with zero attached hydrogens (tertiary/aromatic N) is 2. The van der Waals surface area contributed by atoms with E-state index in [0.717, 1.165) is 0 Å². The molecule has 1 aromatic heterocycles. The first kappa shape index (κ1) is 10.3. The Morgan fingerprint density at radius 2 is 2.13 bits per heavy atom. The molecule has 2 aromatic rings. The zero-order chi connectivity index (χ0) is 10.8. The van der Waals surface area contributed by atoms with Crippen LogP contribution in [-0.2, 0) is 6.54 Å². The van der Waals surface area contributed by atoms with Crippen LogP contribution in [0.3, 0.4) is 0 Å². The van der Waals surface area contributed by atoms with Gasteiger partial charge in [-0.1, -0.05) is 15.9 Å². The first-order valence-corrected chi connectivity index (χ1v) is 4.97. The average molecular weight is 272 g/mol. The highest BCUT2D eigenvalue weighted by molar-refractivity contribution is 9.10. The van der Waals surface area contributed by atoms with E-state index < -0.39 is 0 Å². The SMILES string of the molecule is NCc1nnc(-c2cc(F)cc(Br)c2)o1. The number of aromatic nitrogens is 2. The van der Waals surface area contributed by atoms with E-state index in [9.17, 15) is 4.39 Å². The van der Waals surface area contributed by atoms with Crippen LogP contribution in [0.1, 0.15) is 5.89 Å². The molecule has 0 fully saturated rings. The lowest BCUT2D eigenvalue weighted by atomic mass is 10.2. The maximum atomic E-state index is 13.1. The summed E-state index contributed by atoms with van der Waals surface area (Å²) in [6, 6.07) is 4.36. The van der Waals surface area contributed by atoms with Gasteiger partial charge in [0.15, 0.2) is 0 Å². The zero-order valence-corrected chi connectivity index (χ0v) is 9.16. The van der Waals surface area contributed by atoms with Gasteiger partial charge in [-0.2, -0.15) is 0 Å². The van der Waals surface area contributed by atoms with E-state index in [1.54, 1.807) is 6.07 Å². The van der Waals surface area contributed by atoms with Crippen molar-refractivity contribution < 1.29 is 8.81 Å². The molecule has 0 saturated carbocycles. The minimum absolute atomic E-state index is 0.170. The van der Waals surface area contributed by atoms with Gasteiger partial charge in [-0.25, -0.2) is 4.39 Å². The molecule has 1 heterocycles. The monoisotopic (exact) mass is 271 g/mol. The van der Waals surface area contributed by atoms with Gasteiger partial charge in [-0.15, -0.1) is 10.2 Å². The number of halogens is 2. The third-order valence-corrected chi connectivity index (χ3v) is 2.21. The zero-order valence-electron chi connectivity index (χ0n) is 7.58. The van der Waals surface area contributed by atoms with Crippen LogP contribution in [0.15, 0.2) is 27.1 Å². The van der Waals surface area contributed by atoms with Crippen LogP contribution in [0.4, 0.5) is 4.39 Å². The van der Waals surface area contributed by atoms with E-state index in [-0.39, 0.29) is 18.3 Å². The molecule has 4 nitrogen and oxygen atoms in total. The Labute approximate surface area is 93.4 Å². The van der Waals surface area contributed by atoms with Crippen molar-refractivity contribution in [1.82, 2.24) is 10.2 Å². The summed E-state index contributed by atoms with van der Waals surface area (Å²) in [5, 5.41) is 7.45. The molecule has 0 saturated heterocycles. The van der Waals surface area contributed by atoms with Crippen LogP contribution < -0.4 is 5.73 Å². The van der Waals surface area contributed by atoms with Crippen molar-refractivity contribution in [2.75, 3.05) is 0 Å². The lowest BCUT2D eigenvalue weighted by Crippen LogP contribution is -1.95. The second-order valence-electron chi connectivity index (χ2n) is 2.86. The Bertz CT molecular complexity index is 466. The van der Waals surface area contributed by atoms with Crippen molar-refractivity contribution in [3.05, 3.63) is 34.4 Å². The molecule has 2 rings (SSSR count). The van der Waals surface area contributed by atoms with Gasteiger partial charge in [0.25, 0.3) is 0 Å². The standard InChI is InChI=1S/C9H7BrFN3O/c10-6-1-5(2-7(11)3-6)9-14-13-8(4-12)15-9/h1-3H,4,12H2. The Morgan fingerprint density at radius 3 is 2.73 bits per heavy atom. The maximum absolute atomic E-state index is 13.1. The molecular formula is C9H7BrFN3O. The number of hydrogen-bond acceptors (Lipinski definition) is 4. The molecule has 78 valence electrons. The maximum Gasteiger partial charge on any atom is 0.247 e. The molecule has 0 radical (unpaired) electrons. The molecule has 0 spiro atoms. The van der Waals surface area contributed by atoms with Crippen molar-refractivity contribution >= 4 is 15.9 Å². The summed E-state index contributed by atoms with van der Waals surface area (Å²) in [5.74, 6) is 0.216. The Balaban J connectivity index is 2.44. The largest absolute Gasteiger partial charge is 0.419 e. The minimum Gasteiger partial charge on any atom is -0.419 e. The van der Waals surface area contributed by atoms with Gasteiger partial charge in [0.2, 0.25) is 11.8 Å². The highest BCUT2D eigenvalue weighted by Gasteiger charge is 2.09. The van der Waals surface area contributed by atoms with Crippen molar-refractivity contribution in [2.24, 2.45) is 5.73 Å². The second kappa shape index (κ2) is 4.08. The molecular weight excluding hydrogens is 265 g/mol. The Morgan fingerprint density at radius 1 is 1.33 bits per heavy atom. The van der Waals surface area contributed by atoms with Gasteiger partial charge in [-0.3, -0.25) is 0 Å². The number of nitrogens with two attached hydrogens (primary N) is 1. The van der Waals surface area contributed by atoms with E-state index >= 15 is 0 Å². The van der Waals surface area contributed by atoms with Crippen LogP contribution in [0.2, 0.25) is 0 Å². The summed E-state index contributed by atoms with van der Waals surface area (Å²) in [4.78, 5) is 0. The van der Waals surface area contributed by atoms with Crippen LogP contribution in [0.25, 0.3) is 11.5 Å². The fourth-order valence-corrected chi connectivity index (χ4v) is 1.60. The smallest absolute Gasteiger partial charge is 0.247 e. The number of rotatable bonds is 2. The lowest BCUT2D eigenvalue weighted by Gasteiger charge is -1.96. The van der Waals surface area contributed by atoms with Crippen LogP contribution >= 0.6 is 15.9 Å². The van der Waals surface area contributed by atoms with Gasteiger partial charge in [0.05, 0.1) is 6.54 Å². The van der Waals surface area contributed by atoms with Gasteiger partial charge >= 0.3 is 0 Å². The van der Waals surface area contributed by atoms with Crippen molar-refractivity contribution in [3.8, 4) is 11.5 Å². The summed E-state index contributed by atoms with van der Waals surface area (Å²) in [7, 11) is 0. The first-order chi connectivity index (χ1) is 7.19. The molecule has 0 aliphatic heterocycles. The molecule has 0 amide bonds. The molecule has 0 bridgehead atoms. The van der Waals surface area contributed by atoms with Crippen molar-refractivity contribution in [1.29, 1.82) is 0 Å². The van der Waals surface area contributed by atoms with Crippen molar-refractivity contribution in [3.63, 3.8) is 0 Å². The molecule has 6 heteroatoms. The van der Waals surface area contributed by atoms with Crippen LogP contribution in [0.5, 0.6) is 0 Å². The van der Waals surface area contributed by atoms with Gasteiger partial charge < -0.3 is 10.2 Å². The quantitative estimate of drug-likeness (QED) is 0.909. The fraction of sp³-hybridized carbons (Fsp3) is 0.111. The lowest BCUT2D eigenvalue weighted by molar-refractivity contribution is 0.508. The topological polar surface area (TPSA) is 64.9 Å². The third-order valence-electron chi connectivity index (χ3n) is 1.75. The van der Waals surface area contributed by atoms with E-state index in [1.165, 1.54) is 12.1 Å². The second-order valence-corrected chi connectivity index (χ2v) is 3.78.